The van der Waals surface area contributed by atoms with E-state index in [1.165, 1.54) is 0 Å². The number of nitrogens with one attached hydrogen (secondary N) is 2. The van der Waals surface area contributed by atoms with Crippen LogP contribution in [-0.2, 0) is 15.9 Å². The summed E-state index contributed by atoms with van der Waals surface area (Å²) in [7, 11) is 0. The van der Waals surface area contributed by atoms with Gasteiger partial charge in [-0.3, -0.25) is 0 Å². The summed E-state index contributed by atoms with van der Waals surface area (Å²) in [6, 6.07) is 24.9. The molecule has 2 aliphatic rings. The van der Waals surface area contributed by atoms with Crippen molar-refractivity contribution in [1.82, 2.24) is 9.97 Å². The van der Waals surface area contributed by atoms with E-state index in [4.69, 9.17) is 9.47 Å². The van der Waals surface area contributed by atoms with Gasteiger partial charge in [-0.1, -0.05) is 72.8 Å². The van der Waals surface area contributed by atoms with Gasteiger partial charge in [0.1, 0.15) is 11.4 Å². The van der Waals surface area contributed by atoms with Gasteiger partial charge in [-0.2, -0.15) is 0 Å². The summed E-state index contributed by atoms with van der Waals surface area (Å²) in [6.07, 6.45) is 0.457. The predicted molar refractivity (Wildman–Crippen MR) is 160 cm³/mol. The van der Waals surface area contributed by atoms with Crippen molar-refractivity contribution in [3.63, 3.8) is 0 Å². The Balaban J connectivity index is 1.37. The standard InChI is InChI=1S/C35H26N2O4/c1-3-40-34(38)32-30-22-15-7-11-18-9-5-13-20(26(18)22)28(30)24(36-32)17-25-29-21-14-6-10-19-12-8-16-23(27(19)21)31(29)33(37-25)35(39)41-4-2/h5-16,36-37H,3-4,17H2,1-2H3. The maximum absolute atomic E-state index is 13.2. The van der Waals surface area contributed by atoms with Gasteiger partial charge in [0.05, 0.1) is 13.2 Å². The van der Waals surface area contributed by atoms with Gasteiger partial charge < -0.3 is 19.4 Å². The van der Waals surface area contributed by atoms with E-state index < -0.39 is 0 Å². The smallest absolute Gasteiger partial charge is 0.355 e. The lowest BCUT2D eigenvalue weighted by molar-refractivity contribution is 0.0512. The highest BCUT2D eigenvalue weighted by Gasteiger charge is 2.35. The number of ether oxygens (including phenoxy) is 2. The lowest BCUT2D eigenvalue weighted by Crippen LogP contribution is -2.07. The maximum Gasteiger partial charge on any atom is 0.355 e. The van der Waals surface area contributed by atoms with E-state index in [-0.39, 0.29) is 25.2 Å². The fraction of sp³-hybridized carbons (Fsp3) is 0.143. The zero-order valence-electron chi connectivity index (χ0n) is 22.7. The molecule has 0 radical (unpaired) electrons. The van der Waals surface area contributed by atoms with Gasteiger partial charge in [-0.15, -0.1) is 0 Å². The molecule has 6 aromatic rings. The molecule has 2 heterocycles. The molecule has 0 saturated carbocycles. The molecule has 6 nitrogen and oxygen atoms in total. The summed E-state index contributed by atoms with van der Waals surface area (Å²) in [4.78, 5) is 33.4. The van der Waals surface area contributed by atoms with Crippen LogP contribution in [0.4, 0.5) is 0 Å². The molecule has 0 fully saturated rings. The Morgan fingerprint density at radius 2 is 0.927 bits per heavy atom. The summed E-state index contributed by atoms with van der Waals surface area (Å²) in [5.74, 6) is -0.748. The Bertz CT molecular complexity index is 1940. The van der Waals surface area contributed by atoms with Gasteiger partial charge >= 0.3 is 11.9 Å². The SMILES string of the molecule is CCOC(=O)c1[nH]c(Cc2[nH]c(C(=O)OCC)c3c2-c2cccc4cccc-3c24)c2c1-c1cccc3cccc-2c13. The maximum atomic E-state index is 13.2. The highest BCUT2D eigenvalue weighted by atomic mass is 16.5. The second-order valence-corrected chi connectivity index (χ2v) is 10.5. The number of carbonyl (C=O) groups excluding carboxylic acids is 2. The number of hydrogen-bond donors (Lipinski definition) is 2. The number of benzene rings is 4. The van der Waals surface area contributed by atoms with Gasteiger partial charge in [0.2, 0.25) is 0 Å². The van der Waals surface area contributed by atoms with Crippen LogP contribution in [0.2, 0.25) is 0 Å². The Labute approximate surface area is 235 Å². The zero-order valence-corrected chi connectivity index (χ0v) is 22.7. The molecular weight excluding hydrogens is 512 g/mol. The average molecular weight is 539 g/mol. The van der Waals surface area contributed by atoms with Gasteiger partial charge in [-0.25, -0.2) is 9.59 Å². The minimum Gasteiger partial charge on any atom is -0.461 e. The van der Waals surface area contributed by atoms with Crippen molar-refractivity contribution in [1.29, 1.82) is 0 Å². The summed E-state index contributed by atoms with van der Waals surface area (Å²) < 4.78 is 11.0. The summed E-state index contributed by atoms with van der Waals surface area (Å²) in [5.41, 5.74) is 10.7. The molecule has 200 valence electrons. The first kappa shape index (κ1) is 23.8. The molecule has 0 unspecified atom stereocenters. The van der Waals surface area contributed by atoms with E-state index in [1.807, 2.05) is 26.0 Å². The molecule has 0 amide bonds. The molecule has 6 heteroatoms. The molecule has 0 aliphatic heterocycles. The van der Waals surface area contributed by atoms with Crippen molar-refractivity contribution < 1.29 is 19.1 Å². The number of esters is 2. The van der Waals surface area contributed by atoms with Crippen LogP contribution in [0.5, 0.6) is 0 Å². The first-order chi connectivity index (χ1) is 20.1. The van der Waals surface area contributed by atoms with Crippen molar-refractivity contribution in [2.75, 3.05) is 13.2 Å². The number of H-pyrrole nitrogens is 2. The molecule has 8 rings (SSSR count). The Morgan fingerprint density at radius 3 is 1.29 bits per heavy atom. The van der Waals surface area contributed by atoms with Crippen LogP contribution in [0.1, 0.15) is 46.2 Å². The van der Waals surface area contributed by atoms with Crippen LogP contribution >= 0.6 is 0 Å². The van der Waals surface area contributed by atoms with E-state index in [1.54, 1.807) is 0 Å². The second-order valence-electron chi connectivity index (χ2n) is 10.5. The van der Waals surface area contributed by atoms with Crippen LogP contribution in [0.25, 0.3) is 66.1 Å². The lowest BCUT2D eigenvalue weighted by atomic mass is 9.98. The van der Waals surface area contributed by atoms with Crippen LogP contribution < -0.4 is 0 Å². The number of aromatic nitrogens is 2. The minimum atomic E-state index is -0.374. The topological polar surface area (TPSA) is 84.2 Å². The van der Waals surface area contributed by atoms with Gasteiger partial charge in [0, 0.05) is 40.1 Å². The monoisotopic (exact) mass is 538 g/mol. The molecule has 41 heavy (non-hydrogen) atoms. The molecule has 2 N–H and O–H groups in total. The fourth-order valence-electron chi connectivity index (χ4n) is 6.91. The third kappa shape index (κ3) is 3.19. The van der Waals surface area contributed by atoms with E-state index in [0.29, 0.717) is 17.8 Å². The summed E-state index contributed by atoms with van der Waals surface area (Å²) >= 11 is 0. The first-order valence-electron chi connectivity index (χ1n) is 14.0. The molecule has 0 bridgehead atoms. The number of aromatic amines is 2. The van der Waals surface area contributed by atoms with Crippen LogP contribution in [0.15, 0.2) is 72.8 Å². The van der Waals surface area contributed by atoms with Gasteiger partial charge in [-0.05, 0) is 57.6 Å². The van der Waals surface area contributed by atoms with Crippen LogP contribution in [0.3, 0.4) is 0 Å². The molecule has 0 saturated heterocycles. The van der Waals surface area contributed by atoms with Crippen LogP contribution in [0, 0.1) is 0 Å². The van der Waals surface area contributed by atoms with Gasteiger partial charge in [0.25, 0.3) is 0 Å². The Morgan fingerprint density at radius 1 is 0.561 bits per heavy atom. The number of fused-ring (bicyclic) bond motifs is 6. The summed E-state index contributed by atoms with van der Waals surface area (Å²) in [5, 5.41) is 4.54. The fourth-order valence-corrected chi connectivity index (χ4v) is 6.91. The molecular formula is C35H26N2O4. The predicted octanol–water partition coefficient (Wildman–Crippen LogP) is 7.89. The van der Waals surface area contributed by atoms with Crippen molar-refractivity contribution >= 4 is 33.5 Å². The van der Waals surface area contributed by atoms with E-state index >= 15 is 0 Å². The molecule has 0 atom stereocenters. The third-order valence-corrected chi connectivity index (χ3v) is 8.35. The molecule has 0 spiro atoms. The average Bonchev–Trinajstić information content (AvgIpc) is 3.72. The molecule has 2 aromatic heterocycles. The van der Waals surface area contributed by atoms with E-state index in [9.17, 15) is 9.59 Å². The number of hydrogen-bond acceptors (Lipinski definition) is 4. The third-order valence-electron chi connectivity index (χ3n) is 8.35. The van der Waals surface area contributed by atoms with Crippen LogP contribution in [-0.4, -0.2) is 35.1 Å². The largest absolute Gasteiger partial charge is 0.461 e. The zero-order chi connectivity index (χ0) is 27.8. The number of carbonyl (C=O) groups is 2. The van der Waals surface area contributed by atoms with E-state index in [0.717, 1.165) is 77.4 Å². The number of rotatable bonds is 6. The van der Waals surface area contributed by atoms with Crippen molar-refractivity contribution in [3.05, 3.63) is 95.6 Å². The van der Waals surface area contributed by atoms with Gasteiger partial charge in [0.15, 0.2) is 0 Å². The molecule has 2 aliphatic carbocycles. The highest BCUT2D eigenvalue weighted by Crippen LogP contribution is 2.53. The second kappa shape index (κ2) is 8.70. The molecule has 4 aromatic carbocycles. The Hall–Kier alpha value is -5.10. The normalized spacial score (nSPS) is 12.1. The minimum absolute atomic E-state index is 0.286. The van der Waals surface area contributed by atoms with Crippen molar-refractivity contribution in [2.45, 2.75) is 20.3 Å². The van der Waals surface area contributed by atoms with Crippen molar-refractivity contribution in [3.8, 4) is 44.5 Å². The van der Waals surface area contributed by atoms with Crippen molar-refractivity contribution in [2.24, 2.45) is 0 Å². The Kier molecular flexibility index (Phi) is 5.04. The first-order valence-corrected chi connectivity index (χ1v) is 14.0. The lowest BCUT2D eigenvalue weighted by Gasteiger charge is -2.08. The highest BCUT2D eigenvalue weighted by molar-refractivity contribution is 6.21. The quantitative estimate of drug-likeness (QED) is 0.211. The summed E-state index contributed by atoms with van der Waals surface area (Å²) in [6.45, 7) is 4.20. The van der Waals surface area contributed by atoms with E-state index in [2.05, 4.69) is 70.6 Å².